The maximum absolute atomic E-state index is 13.4. The van der Waals surface area contributed by atoms with Gasteiger partial charge in [0.25, 0.3) is 0 Å². The molecule has 0 heterocycles. The minimum absolute atomic E-state index is 0.00813. The Kier molecular flexibility index (Phi) is 7.31. The molecule has 0 radical (unpaired) electrons. The highest BCUT2D eigenvalue weighted by atomic mass is 32.2. The molecule has 5 nitrogen and oxygen atoms in total. The number of hydrogen-bond acceptors (Lipinski definition) is 4. The van der Waals surface area contributed by atoms with Crippen molar-refractivity contribution in [2.75, 3.05) is 13.2 Å². The summed E-state index contributed by atoms with van der Waals surface area (Å²) in [6.07, 6.45) is 1.49. The fourth-order valence-electron chi connectivity index (χ4n) is 2.83. The van der Waals surface area contributed by atoms with Crippen molar-refractivity contribution >= 4 is 16.0 Å². The van der Waals surface area contributed by atoms with Gasteiger partial charge in [-0.2, -0.15) is 4.31 Å². The maximum Gasteiger partial charge on any atom is 0.335 e. The lowest BCUT2D eigenvalue weighted by Crippen LogP contribution is -2.37. The molecule has 0 spiro atoms. The molecule has 0 aliphatic heterocycles. The van der Waals surface area contributed by atoms with Crippen LogP contribution in [0.15, 0.2) is 84.3 Å². The second kappa shape index (κ2) is 9.48. The molecule has 0 N–H and O–H groups in total. The van der Waals surface area contributed by atoms with Crippen molar-refractivity contribution < 1.29 is 17.9 Å². The van der Waals surface area contributed by atoms with Crippen molar-refractivity contribution in [3.05, 3.63) is 90.5 Å². The summed E-state index contributed by atoms with van der Waals surface area (Å²) in [6.45, 7) is 11.3. The highest BCUT2D eigenvalue weighted by Gasteiger charge is 2.36. The van der Waals surface area contributed by atoms with E-state index in [4.69, 9.17) is 4.74 Å². The Bertz CT molecular complexity index is 934. The van der Waals surface area contributed by atoms with Crippen LogP contribution in [-0.2, 0) is 19.6 Å². The summed E-state index contributed by atoms with van der Waals surface area (Å²) in [6, 6.07) is 14.6. The third-order valence-corrected chi connectivity index (χ3v) is 6.05. The SMILES string of the molecule is C=CCN(C(C(=C)C(=O)OCC)c1ccccc1)S(=O)(=O)c1ccc(C)cc1. The number of sulfonamides is 1. The van der Waals surface area contributed by atoms with E-state index in [1.54, 1.807) is 55.5 Å². The van der Waals surface area contributed by atoms with Crippen molar-refractivity contribution in [3.8, 4) is 0 Å². The van der Waals surface area contributed by atoms with E-state index in [0.717, 1.165) is 5.56 Å². The number of rotatable bonds is 9. The lowest BCUT2D eigenvalue weighted by atomic mass is 10.00. The van der Waals surface area contributed by atoms with E-state index in [9.17, 15) is 13.2 Å². The van der Waals surface area contributed by atoms with E-state index < -0.39 is 22.0 Å². The average Bonchev–Trinajstić information content (AvgIpc) is 2.68. The minimum Gasteiger partial charge on any atom is -0.463 e. The molecule has 0 saturated carbocycles. The van der Waals surface area contributed by atoms with Crippen molar-refractivity contribution in [1.29, 1.82) is 0 Å². The first kappa shape index (κ1) is 21.6. The zero-order chi connectivity index (χ0) is 20.7. The second-order valence-electron chi connectivity index (χ2n) is 6.24. The van der Waals surface area contributed by atoms with E-state index in [-0.39, 0.29) is 23.6 Å². The molecule has 0 aliphatic rings. The molecular formula is C22H25NO4S. The summed E-state index contributed by atoms with van der Waals surface area (Å²) >= 11 is 0. The molecule has 0 aliphatic carbocycles. The molecule has 2 rings (SSSR count). The van der Waals surface area contributed by atoms with Gasteiger partial charge in [-0.1, -0.05) is 60.7 Å². The van der Waals surface area contributed by atoms with Crippen LogP contribution in [0.4, 0.5) is 0 Å². The number of benzene rings is 2. The Morgan fingerprint density at radius 2 is 1.75 bits per heavy atom. The van der Waals surface area contributed by atoms with Gasteiger partial charge in [0.05, 0.1) is 23.1 Å². The highest BCUT2D eigenvalue weighted by molar-refractivity contribution is 7.89. The van der Waals surface area contributed by atoms with Gasteiger partial charge in [-0.25, -0.2) is 13.2 Å². The molecule has 0 bridgehead atoms. The molecule has 0 fully saturated rings. The van der Waals surface area contributed by atoms with Gasteiger partial charge in [-0.05, 0) is 31.5 Å². The molecule has 28 heavy (non-hydrogen) atoms. The molecule has 1 atom stereocenters. The summed E-state index contributed by atoms with van der Waals surface area (Å²) in [5.74, 6) is -0.635. The van der Waals surface area contributed by atoms with Crippen LogP contribution in [-0.4, -0.2) is 31.8 Å². The molecule has 0 aromatic heterocycles. The van der Waals surface area contributed by atoms with Crippen LogP contribution in [0.5, 0.6) is 0 Å². The van der Waals surface area contributed by atoms with Crippen molar-refractivity contribution in [3.63, 3.8) is 0 Å². The molecule has 0 amide bonds. The monoisotopic (exact) mass is 399 g/mol. The number of esters is 1. The highest BCUT2D eigenvalue weighted by Crippen LogP contribution is 2.33. The van der Waals surface area contributed by atoms with Gasteiger partial charge in [-0.15, -0.1) is 6.58 Å². The number of nitrogens with zero attached hydrogens (tertiary/aromatic N) is 1. The third-order valence-electron chi connectivity index (χ3n) is 4.21. The topological polar surface area (TPSA) is 63.7 Å². The lowest BCUT2D eigenvalue weighted by molar-refractivity contribution is -0.139. The Morgan fingerprint density at radius 1 is 1.14 bits per heavy atom. The maximum atomic E-state index is 13.4. The van der Waals surface area contributed by atoms with Crippen LogP contribution in [0.3, 0.4) is 0 Å². The molecular weight excluding hydrogens is 374 g/mol. The van der Waals surface area contributed by atoms with E-state index in [2.05, 4.69) is 13.2 Å². The molecule has 148 valence electrons. The summed E-state index contributed by atoms with van der Waals surface area (Å²) in [4.78, 5) is 12.5. The number of ether oxygens (including phenoxy) is 1. The minimum atomic E-state index is -3.93. The van der Waals surface area contributed by atoms with Gasteiger partial charge in [0.1, 0.15) is 0 Å². The van der Waals surface area contributed by atoms with E-state index in [1.807, 2.05) is 13.0 Å². The fourth-order valence-corrected chi connectivity index (χ4v) is 4.41. The van der Waals surface area contributed by atoms with E-state index in [0.29, 0.717) is 5.56 Å². The second-order valence-corrected chi connectivity index (χ2v) is 8.13. The zero-order valence-electron chi connectivity index (χ0n) is 16.2. The number of hydrogen-bond donors (Lipinski definition) is 0. The Morgan fingerprint density at radius 3 is 2.29 bits per heavy atom. The molecule has 1 unspecified atom stereocenters. The molecule has 2 aromatic rings. The molecule has 0 saturated heterocycles. The normalized spacial score (nSPS) is 12.4. The summed E-state index contributed by atoms with van der Waals surface area (Å²) in [7, 11) is -3.93. The zero-order valence-corrected chi connectivity index (χ0v) is 17.0. The smallest absolute Gasteiger partial charge is 0.335 e. The van der Waals surface area contributed by atoms with Gasteiger partial charge in [0.2, 0.25) is 10.0 Å². The summed E-state index contributed by atoms with van der Waals surface area (Å²) in [5.41, 5.74) is 1.62. The number of carbonyl (C=O) groups excluding carboxylic acids is 1. The lowest BCUT2D eigenvalue weighted by Gasteiger charge is -2.31. The summed E-state index contributed by atoms with van der Waals surface area (Å²) in [5, 5.41) is 0. The van der Waals surface area contributed by atoms with Crippen molar-refractivity contribution in [2.45, 2.75) is 24.8 Å². The predicted molar refractivity (Wildman–Crippen MR) is 110 cm³/mol. The molecule has 2 aromatic carbocycles. The van der Waals surface area contributed by atoms with Gasteiger partial charge in [-0.3, -0.25) is 0 Å². The first-order chi connectivity index (χ1) is 13.3. The van der Waals surface area contributed by atoms with Crippen LogP contribution in [0.1, 0.15) is 24.1 Å². The van der Waals surface area contributed by atoms with Crippen LogP contribution in [0, 0.1) is 6.92 Å². The van der Waals surface area contributed by atoms with Gasteiger partial charge >= 0.3 is 5.97 Å². The van der Waals surface area contributed by atoms with E-state index in [1.165, 1.54) is 10.4 Å². The van der Waals surface area contributed by atoms with Crippen LogP contribution < -0.4 is 0 Å². The molecule has 6 heteroatoms. The number of aryl methyl sites for hydroxylation is 1. The average molecular weight is 400 g/mol. The van der Waals surface area contributed by atoms with Crippen molar-refractivity contribution in [1.82, 2.24) is 4.31 Å². The van der Waals surface area contributed by atoms with E-state index >= 15 is 0 Å². The largest absolute Gasteiger partial charge is 0.463 e. The van der Waals surface area contributed by atoms with Gasteiger partial charge < -0.3 is 4.74 Å². The summed E-state index contributed by atoms with van der Waals surface area (Å²) < 4.78 is 33.1. The predicted octanol–water partition coefficient (Wildman–Crippen LogP) is 4.03. The van der Waals surface area contributed by atoms with Crippen LogP contribution in [0.25, 0.3) is 0 Å². The fraction of sp³-hybridized carbons (Fsp3) is 0.227. The van der Waals surface area contributed by atoms with Crippen molar-refractivity contribution in [2.24, 2.45) is 0 Å². The Balaban J connectivity index is 2.61. The van der Waals surface area contributed by atoms with Crippen LogP contribution in [0.2, 0.25) is 0 Å². The first-order valence-corrected chi connectivity index (χ1v) is 10.4. The third kappa shape index (κ3) is 4.77. The van der Waals surface area contributed by atoms with Crippen LogP contribution >= 0.6 is 0 Å². The number of carbonyl (C=O) groups is 1. The van der Waals surface area contributed by atoms with Gasteiger partial charge in [0.15, 0.2) is 0 Å². The quantitative estimate of drug-likeness (QED) is 0.363. The standard InChI is InChI=1S/C22H25NO4S/c1-5-16-23(28(25,26)20-14-12-17(3)13-15-20)21(18(4)22(24)27-6-2)19-10-8-7-9-11-19/h5,7-15,21H,1,4,6,16H2,2-3H3. The Hall–Kier alpha value is -2.70. The Labute approximate surface area is 167 Å². The first-order valence-electron chi connectivity index (χ1n) is 8.93. The van der Waals surface area contributed by atoms with Gasteiger partial charge in [0, 0.05) is 6.54 Å².